The van der Waals surface area contributed by atoms with Crippen molar-refractivity contribution in [1.29, 1.82) is 0 Å². The van der Waals surface area contributed by atoms with Crippen LogP contribution in [0.2, 0.25) is 0 Å². The Labute approximate surface area is 132 Å². The summed E-state index contributed by atoms with van der Waals surface area (Å²) in [4.78, 5) is 21.5. The molecule has 0 fully saturated rings. The molecule has 2 aromatic carbocycles. The molecular weight excluding hydrogens is 300 g/mol. The lowest BCUT2D eigenvalue weighted by molar-refractivity contribution is -0.144. The van der Waals surface area contributed by atoms with Crippen LogP contribution in [-0.2, 0) is 11.4 Å². The Kier molecular flexibility index (Phi) is 5.19. The Morgan fingerprint density at radius 3 is 2.04 bits per heavy atom. The van der Waals surface area contributed by atoms with Crippen LogP contribution in [0.15, 0.2) is 48.5 Å². The van der Waals surface area contributed by atoms with Crippen LogP contribution in [0.1, 0.15) is 22.8 Å². The quantitative estimate of drug-likeness (QED) is 0.816. The summed E-state index contributed by atoms with van der Waals surface area (Å²) in [6, 6.07) is 13.0. The van der Waals surface area contributed by atoms with Crippen molar-refractivity contribution in [2.75, 3.05) is 0 Å². The molecule has 0 radical (unpaired) electrons. The lowest BCUT2D eigenvalue weighted by Gasteiger charge is -2.11. The summed E-state index contributed by atoms with van der Waals surface area (Å²) < 4.78 is 10.8. The van der Waals surface area contributed by atoms with Gasteiger partial charge in [-0.15, -0.1) is 0 Å². The normalized spacial score (nSPS) is 11.5. The molecule has 0 amide bonds. The van der Waals surface area contributed by atoms with E-state index >= 15 is 0 Å². The smallest absolute Gasteiger partial charge is 0.344 e. The van der Waals surface area contributed by atoms with E-state index in [2.05, 4.69) is 0 Å². The van der Waals surface area contributed by atoms with Crippen molar-refractivity contribution in [2.24, 2.45) is 0 Å². The van der Waals surface area contributed by atoms with Gasteiger partial charge < -0.3 is 19.7 Å². The first-order chi connectivity index (χ1) is 11.0. The molecule has 0 heterocycles. The summed E-state index contributed by atoms with van der Waals surface area (Å²) in [7, 11) is 0. The van der Waals surface area contributed by atoms with E-state index in [1.807, 2.05) is 0 Å². The number of rotatable bonds is 7. The van der Waals surface area contributed by atoms with Gasteiger partial charge >= 0.3 is 11.9 Å². The second-order valence-corrected chi connectivity index (χ2v) is 4.86. The largest absolute Gasteiger partial charge is 0.489 e. The van der Waals surface area contributed by atoms with E-state index in [9.17, 15) is 9.59 Å². The van der Waals surface area contributed by atoms with Gasteiger partial charge in [-0.25, -0.2) is 9.59 Å². The van der Waals surface area contributed by atoms with Gasteiger partial charge in [0, 0.05) is 0 Å². The molecule has 6 nitrogen and oxygen atoms in total. The lowest BCUT2D eigenvalue weighted by atomic mass is 10.1. The molecule has 0 saturated carbocycles. The fraction of sp³-hybridized carbons (Fsp3) is 0.176. The number of aliphatic carboxylic acids is 1. The van der Waals surface area contributed by atoms with E-state index in [1.165, 1.54) is 19.1 Å². The Balaban J connectivity index is 1.91. The topological polar surface area (TPSA) is 93.1 Å². The molecule has 0 bridgehead atoms. The van der Waals surface area contributed by atoms with Crippen LogP contribution >= 0.6 is 0 Å². The maximum atomic E-state index is 10.8. The van der Waals surface area contributed by atoms with Gasteiger partial charge in [-0.2, -0.15) is 0 Å². The maximum absolute atomic E-state index is 10.8. The van der Waals surface area contributed by atoms with Gasteiger partial charge in [-0.05, 0) is 48.9 Å². The van der Waals surface area contributed by atoms with Crippen molar-refractivity contribution < 1.29 is 29.3 Å². The second-order valence-electron chi connectivity index (χ2n) is 4.86. The van der Waals surface area contributed by atoms with Crippen molar-refractivity contribution in [2.45, 2.75) is 19.6 Å². The lowest BCUT2D eigenvalue weighted by Crippen LogP contribution is -2.22. The third-order valence-corrected chi connectivity index (χ3v) is 3.09. The van der Waals surface area contributed by atoms with Crippen LogP contribution in [0.3, 0.4) is 0 Å². The van der Waals surface area contributed by atoms with Gasteiger partial charge in [0.15, 0.2) is 6.10 Å². The van der Waals surface area contributed by atoms with Gasteiger partial charge in [0.2, 0.25) is 0 Å². The van der Waals surface area contributed by atoms with Crippen molar-refractivity contribution in [3.05, 3.63) is 59.7 Å². The zero-order valence-electron chi connectivity index (χ0n) is 12.4. The Morgan fingerprint density at radius 1 is 0.957 bits per heavy atom. The minimum absolute atomic E-state index is 0.225. The minimum atomic E-state index is -1.03. The summed E-state index contributed by atoms with van der Waals surface area (Å²) in [5, 5.41) is 17.6. The molecule has 0 saturated heterocycles. The second kappa shape index (κ2) is 7.31. The summed E-state index contributed by atoms with van der Waals surface area (Å²) in [5.74, 6) is -0.959. The highest BCUT2D eigenvalue weighted by Gasteiger charge is 2.12. The summed E-state index contributed by atoms with van der Waals surface area (Å²) in [6.07, 6.45) is -0.922. The fourth-order valence-corrected chi connectivity index (χ4v) is 1.78. The standard InChI is InChI=1S/C17H16O6/c1-11(16(18)19)23-15-8-6-14(7-9-15)22-10-12-2-4-13(5-3-12)17(20)21/h2-9,11H,10H2,1H3,(H,18,19)(H,20,21)/t11-/m1/s1. The van der Waals surface area contributed by atoms with Crippen molar-refractivity contribution in [1.82, 2.24) is 0 Å². The van der Waals surface area contributed by atoms with E-state index in [0.29, 0.717) is 18.1 Å². The van der Waals surface area contributed by atoms with Crippen LogP contribution in [0.5, 0.6) is 11.5 Å². The number of ether oxygens (including phenoxy) is 2. The van der Waals surface area contributed by atoms with Crippen molar-refractivity contribution in [3.8, 4) is 11.5 Å². The molecule has 2 rings (SSSR count). The van der Waals surface area contributed by atoms with Gasteiger partial charge in [0.1, 0.15) is 18.1 Å². The average molecular weight is 316 g/mol. The molecule has 0 aliphatic rings. The van der Waals surface area contributed by atoms with Crippen LogP contribution in [0.4, 0.5) is 0 Å². The van der Waals surface area contributed by atoms with Gasteiger partial charge in [0.25, 0.3) is 0 Å². The first-order valence-electron chi connectivity index (χ1n) is 6.90. The number of hydrogen-bond acceptors (Lipinski definition) is 4. The highest BCUT2D eigenvalue weighted by molar-refractivity contribution is 5.87. The van der Waals surface area contributed by atoms with Crippen molar-refractivity contribution in [3.63, 3.8) is 0 Å². The molecule has 0 aromatic heterocycles. The molecule has 120 valence electrons. The van der Waals surface area contributed by atoms with E-state index < -0.39 is 18.0 Å². The van der Waals surface area contributed by atoms with Gasteiger partial charge in [0.05, 0.1) is 5.56 Å². The summed E-state index contributed by atoms with van der Waals surface area (Å²) in [6.45, 7) is 1.75. The number of hydrogen-bond donors (Lipinski definition) is 2. The monoisotopic (exact) mass is 316 g/mol. The first-order valence-corrected chi connectivity index (χ1v) is 6.90. The molecule has 2 aromatic rings. The number of carboxylic acids is 2. The van der Waals surface area contributed by atoms with Gasteiger partial charge in [-0.3, -0.25) is 0 Å². The molecule has 0 aliphatic carbocycles. The summed E-state index contributed by atoms with van der Waals surface area (Å²) in [5.41, 5.74) is 1.07. The third-order valence-electron chi connectivity index (χ3n) is 3.09. The fourth-order valence-electron chi connectivity index (χ4n) is 1.78. The van der Waals surface area contributed by atoms with Crippen molar-refractivity contribution >= 4 is 11.9 Å². The number of carbonyl (C=O) groups is 2. The van der Waals surface area contributed by atoms with Crippen LogP contribution < -0.4 is 9.47 Å². The van der Waals surface area contributed by atoms with E-state index in [4.69, 9.17) is 19.7 Å². The molecule has 2 N–H and O–H groups in total. The predicted molar refractivity (Wildman–Crippen MR) is 81.9 cm³/mol. The third kappa shape index (κ3) is 4.74. The predicted octanol–water partition coefficient (Wildman–Crippen LogP) is 2.82. The molecule has 0 aliphatic heterocycles. The zero-order chi connectivity index (χ0) is 16.8. The maximum Gasteiger partial charge on any atom is 0.344 e. The molecular formula is C17H16O6. The minimum Gasteiger partial charge on any atom is -0.489 e. The molecule has 6 heteroatoms. The van der Waals surface area contributed by atoms with E-state index in [0.717, 1.165) is 5.56 Å². The SMILES string of the molecule is C[C@@H](Oc1ccc(OCc2ccc(C(=O)O)cc2)cc1)C(=O)O. The molecule has 23 heavy (non-hydrogen) atoms. The highest BCUT2D eigenvalue weighted by atomic mass is 16.5. The number of benzene rings is 2. The van der Waals surface area contributed by atoms with Crippen LogP contribution in [0.25, 0.3) is 0 Å². The van der Waals surface area contributed by atoms with Crippen LogP contribution in [0, 0.1) is 0 Å². The Hall–Kier alpha value is -3.02. The Bertz CT molecular complexity index is 675. The first kappa shape index (κ1) is 16.4. The molecule has 1 atom stereocenters. The highest BCUT2D eigenvalue weighted by Crippen LogP contribution is 2.19. The molecule has 0 spiro atoms. The van der Waals surface area contributed by atoms with Crippen LogP contribution in [-0.4, -0.2) is 28.3 Å². The number of carboxylic acid groups (broad SMARTS) is 2. The van der Waals surface area contributed by atoms with E-state index in [-0.39, 0.29) is 5.56 Å². The Morgan fingerprint density at radius 2 is 1.52 bits per heavy atom. The van der Waals surface area contributed by atoms with Gasteiger partial charge in [-0.1, -0.05) is 12.1 Å². The van der Waals surface area contributed by atoms with E-state index in [1.54, 1.807) is 36.4 Å². The number of aromatic carboxylic acids is 1. The average Bonchev–Trinajstić information content (AvgIpc) is 2.54. The summed E-state index contributed by atoms with van der Waals surface area (Å²) >= 11 is 0. The zero-order valence-corrected chi connectivity index (χ0v) is 12.4. The molecule has 0 unspecified atom stereocenters.